The number of aromatic nitrogens is 1. The largest absolute Gasteiger partial charge is 0.328 e. The van der Waals surface area contributed by atoms with E-state index in [1.807, 2.05) is 13.8 Å². The standard InChI is InChI=1S/C10H16N2O3S/c1-8(2)7-12(3)16(14,15)9-4-5-10(13)11-6-9/h4-6,8H,7H2,1-3H3,(H,11,13). The smallest absolute Gasteiger partial charge is 0.247 e. The lowest BCUT2D eigenvalue weighted by Gasteiger charge is -2.18. The Morgan fingerprint density at radius 2 is 2.00 bits per heavy atom. The molecular formula is C10H16N2O3S. The lowest BCUT2D eigenvalue weighted by molar-refractivity contribution is 0.417. The molecule has 16 heavy (non-hydrogen) atoms. The van der Waals surface area contributed by atoms with Gasteiger partial charge in [-0.15, -0.1) is 0 Å². The molecule has 90 valence electrons. The molecule has 0 aliphatic heterocycles. The summed E-state index contributed by atoms with van der Waals surface area (Å²) in [6, 6.07) is 2.51. The number of nitrogens with zero attached hydrogens (tertiary/aromatic N) is 1. The van der Waals surface area contributed by atoms with Gasteiger partial charge in [-0.25, -0.2) is 12.7 Å². The van der Waals surface area contributed by atoms with Crippen molar-refractivity contribution in [2.75, 3.05) is 13.6 Å². The molecular weight excluding hydrogens is 228 g/mol. The summed E-state index contributed by atoms with van der Waals surface area (Å²) >= 11 is 0. The van der Waals surface area contributed by atoms with Crippen LogP contribution in [0.1, 0.15) is 13.8 Å². The van der Waals surface area contributed by atoms with Crippen LogP contribution in [0.2, 0.25) is 0 Å². The first-order chi connectivity index (χ1) is 7.34. The summed E-state index contributed by atoms with van der Waals surface area (Å²) in [5.74, 6) is 0.252. The summed E-state index contributed by atoms with van der Waals surface area (Å²) in [6.45, 7) is 4.33. The second-order valence-electron chi connectivity index (χ2n) is 4.07. The van der Waals surface area contributed by atoms with E-state index in [-0.39, 0.29) is 16.4 Å². The zero-order valence-electron chi connectivity index (χ0n) is 9.60. The predicted molar refractivity (Wildman–Crippen MR) is 61.7 cm³/mol. The summed E-state index contributed by atoms with van der Waals surface area (Å²) in [4.78, 5) is 13.3. The van der Waals surface area contributed by atoms with E-state index in [9.17, 15) is 13.2 Å². The molecule has 0 unspecified atom stereocenters. The van der Waals surface area contributed by atoms with Crippen molar-refractivity contribution < 1.29 is 8.42 Å². The van der Waals surface area contributed by atoms with E-state index in [1.165, 1.54) is 29.7 Å². The highest BCUT2D eigenvalue weighted by molar-refractivity contribution is 7.89. The molecule has 0 aliphatic carbocycles. The van der Waals surface area contributed by atoms with Gasteiger partial charge in [0, 0.05) is 25.9 Å². The number of aromatic amines is 1. The van der Waals surface area contributed by atoms with Crippen molar-refractivity contribution in [2.24, 2.45) is 5.92 Å². The number of hydrogen-bond donors (Lipinski definition) is 1. The minimum atomic E-state index is -3.49. The van der Waals surface area contributed by atoms with Crippen LogP contribution in [0.5, 0.6) is 0 Å². The van der Waals surface area contributed by atoms with E-state index >= 15 is 0 Å². The van der Waals surface area contributed by atoms with Gasteiger partial charge in [0.25, 0.3) is 0 Å². The van der Waals surface area contributed by atoms with E-state index in [2.05, 4.69) is 4.98 Å². The zero-order valence-corrected chi connectivity index (χ0v) is 10.4. The summed E-state index contributed by atoms with van der Waals surface area (Å²) < 4.78 is 25.2. The first kappa shape index (κ1) is 12.9. The van der Waals surface area contributed by atoms with Gasteiger partial charge in [-0.3, -0.25) is 4.79 Å². The minimum Gasteiger partial charge on any atom is -0.328 e. The van der Waals surface area contributed by atoms with E-state index in [4.69, 9.17) is 0 Å². The Morgan fingerprint density at radius 1 is 1.38 bits per heavy atom. The molecule has 0 spiro atoms. The normalized spacial score (nSPS) is 12.3. The van der Waals surface area contributed by atoms with Gasteiger partial charge >= 0.3 is 0 Å². The predicted octanol–water partition coefficient (Wildman–Crippen LogP) is 0.651. The summed E-state index contributed by atoms with van der Waals surface area (Å²) in [5.41, 5.74) is -0.314. The van der Waals surface area contributed by atoms with Gasteiger partial charge in [0.1, 0.15) is 0 Å². The van der Waals surface area contributed by atoms with Crippen LogP contribution in [0.25, 0.3) is 0 Å². The van der Waals surface area contributed by atoms with Gasteiger partial charge in [0.2, 0.25) is 15.6 Å². The third-order valence-electron chi connectivity index (χ3n) is 2.09. The highest BCUT2D eigenvalue weighted by atomic mass is 32.2. The molecule has 1 rings (SSSR count). The maximum absolute atomic E-state index is 12.0. The van der Waals surface area contributed by atoms with Crippen LogP contribution >= 0.6 is 0 Å². The highest BCUT2D eigenvalue weighted by Gasteiger charge is 2.21. The number of rotatable bonds is 4. The molecule has 0 bridgehead atoms. The molecule has 0 atom stereocenters. The third kappa shape index (κ3) is 2.93. The number of hydrogen-bond acceptors (Lipinski definition) is 3. The Hall–Kier alpha value is -1.14. The molecule has 1 N–H and O–H groups in total. The second kappa shape index (κ2) is 4.80. The Bertz CT molecular complexity index is 485. The fourth-order valence-corrected chi connectivity index (χ4v) is 2.65. The third-order valence-corrected chi connectivity index (χ3v) is 3.91. The Balaban J connectivity index is 3.02. The first-order valence-electron chi connectivity index (χ1n) is 4.99. The van der Waals surface area contributed by atoms with Crippen LogP contribution < -0.4 is 5.56 Å². The Labute approximate surface area is 95.2 Å². The van der Waals surface area contributed by atoms with Crippen molar-refractivity contribution in [3.8, 4) is 0 Å². The molecule has 0 fully saturated rings. The van der Waals surface area contributed by atoms with E-state index in [0.29, 0.717) is 6.54 Å². The number of H-pyrrole nitrogens is 1. The molecule has 0 saturated heterocycles. The zero-order chi connectivity index (χ0) is 12.3. The molecule has 0 aromatic carbocycles. The van der Waals surface area contributed by atoms with Crippen molar-refractivity contribution in [1.82, 2.24) is 9.29 Å². The lowest BCUT2D eigenvalue weighted by atomic mass is 10.2. The van der Waals surface area contributed by atoms with Crippen molar-refractivity contribution in [2.45, 2.75) is 18.7 Å². The van der Waals surface area contributed by atoms with Gasteiger partial charge in [0.05, 0.1) is 4.90 Å². The molecule has 1 heterocycles. The van der Waals surface area contributed by atoms with Crippen molar-refractivity contribution in [3.63, 3.8) is 0 Å². The van der Waals surface area contributed by atoms with E-state index < -0.39 is 10.0 Å². The van der Waals surface area contributed by atoms with E-state index in [0.717, 1.165) is 0 Å². The van der Waals surface area contributed by atoms with Crippen molar-refractivity contribution in [1.29, 1.82) is 0 Å². The first-order valence-corrected chi connectivity index (χ1v) is 6.43. The average molecular weight is 244 g/mol. The lowest BCUT2D eigenvalue weighted by Crippen LogP contribution is -2.30. The molecule has 1 aromatic heterocycles. The quantitative estimate of drug-likeness (QED) is 0.845. The van der Waals surface area contributed by atoms with Gasteiger partial charge in [-0.1, -0.05) is 13.8 Å². The fraction of sp³-hybridized carbons (Fsp3) is 0.500. The molecule has 6 heteroatoms. The molecule has 0 aliphatic rings. The monoisotopic (exact) mass is 244 g/mol. The maximum Gasteiger partial charge on any atom is 0.247 e. The number of sulfonamides is 1. The Morgan fingerprint density at radius 3 is 2.44 bits per heavy atom. The van der Waals surface area contributed by atoms with Crippen molar-refractivity contribution >= 4 is 10.0 Å². The maximum atomic E-state index is 12.0. The topological polar surface area (TPSA) is 70.2 Å². The molecule has 0 amide bonds. The molecule has 5 nitrogen and oxygen atoms in total. The minimum absolute atomic E-state index is 0.107. The summed E-state index contributed by atoms with van der Waals surface area (Å²) in [6.07, 6.45) is 1.22. The van der Waals surface area contributed by atoms with Gasteiger partial charge in [-0.2, -0.15) is 0 Å². The van der Waals surface area contributed by atoms with Crippen LogP contribution in [-0.2, 0) is 10.0 Å². The van der Waals surface area contributed by atoms with Gasteiger partial charge in [-0.05, 0) is 12.0 Å². The van der Waals surface area contributed by atoms with E-state index in [1.54, 1.807) is 0 Å². The second-order valence-corrected chi connectivity index (χ2v) is 6.11. The Kier molecular flexibility index (Phi) is 3.88. The summed E-state index contributed by atoms with van der Waals surface area (Å²) in [5, 5.41) is 0. The molecule has 0 radical (unpaired) electrons. The van der Waals surface area contributed by atoms with Crippen LogP contribution in [0.4, 0.5) is 0 Å². The van der Waals surface area contributed by atoms with Crippen LogP contribution in [0, 0.1) is 5.92 Å². The van der Waals surface area contributed by atoms with Gasteiger partial charge < -0.3 is 4.98 Å². The number of pyridine rings is 1. The molecule has 1 aromatic rings. The average Bonchev–Trinajstić information content (AvgIpc) is 2.17. The van der Waals surface area contributed by atoms with Crippen LogP contribution in [-0.4, -0.2) is 31.3 Å². The number of nitrogens with one attached hydrogen (secondary N) is 1. The van der Waals surface area contributed by atoms with Crippen molar-refractivity contribution in [3.05, 3.63) is 28.7 Å². The fourth-order valence-electron chi connectivity index (χ4n) is 1.35. The molecule has 0 saturated carbocycles. The highest BCUT2D eigenvalue weighted by Crippen LogP contribution is 2.12. The van der Waals surface area contributed by atoms with Crippen LogP contribution in [0.3, 0.4) is 0 Å². The summed E-state index contributed by atoms with van der Waals surface area (Å²) in [7, 11) is -1.96. The SMILES string of the molecule is CC(C)CN(C)S(=O)(=O)c1ccc(=O)[nH]c1. The van der Waals surface area contributed by atoms with Gasteiger partial charge in [0.15, 0.2) is 0 Å². The van der Waals surface area contributed by atoms with Crippen LogP contribution in [0.15, 0.2) is 28.0 Å².